The lowest BCUT2D eigenvalue weighted by Crippen LogP contribution is -2.60. The molecule has 1 aromatic rings. The Morgan fingerprint density at radius 1 is 1.14 bits per heavy atom. The number of non-ortho nitro benzene ring substituents is 1. The number of nitro groups is 1. The Hall–Kier alpha value is -1.78. The van der Waals surface area contributed by atoms with E-state index in [2.05, 4.69) is 0 Å². The van der Waals surface area contributed by atoms with Crippen LogP contribution in [0.1, 0.15) is 0 Å². The molecule has 0 bridgehead atoms. The quantitative estimate of drug-likeness (QED) is 0.400. The van der Waals surface area contributed by atoms with Crippen LogP contribution < -0.4 is 4.74 Å². The van der Waals surface area contributed by atoms with E-state index in [1.54, 1.807) is 0 Å². The number of hydrogen-bond donors (Lipinski definition) is 4. The standard InChI is InChI=1S/C12H15NO8/c14-5-8-9(15)10(16)11(17)12(21-8)20-7-3-1-6(2-4-7)13(18)19/h1-4,8-12,14-17H,5H2/t8?,9-,10-,11?,12-/m0/s1. The molecule has 0 spiro atoms. The first-order chi connectivity index (χ1) is 9.93. The van der Waals surface area contributed by atoms with Crippen molar-refractivity contribution in [1.82, 2.24) is 0 Å². The number of hydrogen-bond acceptors (Lipinski definition) is 8. The van der Waals surface area contributed by atoms with Gasteiger partial charge in [-0.25, -0.2) is 0 Å². The third-order valence-electron chi connectivity index (χ3n) is 3.15. The van der Waals surface area contributed by atoms with Crippen molar-refractivity contribution in [2.75, 3.05) is 6.61 Å². The molecule has 0 radical (unpaired) electrons. The van der Waals surface area contributed by atoms with Gasteiger partial charge in [0.15, 0.2) is 0 Å². The molecule has 9 heteroatoms. The number of nitrogens with zero attached hydrogens (tertiary/aromatic N) is 1. The second-order valence-electron chi connectivity index (χ2n) is 4.57. The molecule has 0 aromatic heterocycles. The molecule has 21 heavy (non-hydrogen) atoms. The van der Waals surface area contributed by atoms with E-state index in [-0.39, 0.29) is 11.4 Å². The SMILES string of the molecule is O=[N+]([O-])c1ccc(O[C@H]2OC(CO)[C@H](O)[C@H](O)C2O)cc1. The van der Waals surface area contributed by atoms with Crippen LogP contribution in [0.15, 0.2) is 24.3 Å². The van der Waals surface area contributed by atoms with Crippen molar-refractivity contribution in [3.05, 3.63) is 34.4 Å². The van der Waals surface area contributed by atoms with Gasteiger partial charge in [-0.15, -0.1) is 0 Å². The van der Waals surface area contributed by atoms with Gasteiger partial charge in [-0.1, -0.05) is 0 Å². The van der Waals surface area contributed by atoms with Crippen LogP contribution in [-0.4, -0.2) is 62.7 Å². The van der Waals surface area contributed by atoms with Gasteiger partial charge in [0.05, 0.1) is 11.5 Å². The summed E-state index contributed by atoms with van der Waals surface area (Å²) in [6.07, 6.45) is -6.94. The highest BCUT2D eigenvalue weighted by Gasteiger charge is 2.44. The highest BCUT2D eigenvalue weighted by molar-refractivity contribution is 5.36. The largest absolute Gasteiger partial charge is 0.462 e. The minimum Gasteiger partial charge on any atom is -0.462 e. The van der Waals surface area contributed by atoms with Gasteiger partial charge < -0.3 is 29.9 Å². The van der Waals surface area contributed by atoms with E-state index >= 15 is 0 Å². The number of nitro benzene ring substituents is 1. The average Bonchev–Trinajstić information content (AvgIpc) is 2.48. The zero-order valence-electron chi connectivity index (χ0n) is 10.8. The molecule has 0 saturated carbocycles. The number of aliphatic hydroxyl groups is 4. The zero-order chi connectivity index (χ0) is 15.6. The van der Waals surface area contributed by atoms with Crippen molar-refractivity contribution in [3.63, 3.8) is 0 Å². The molecule has 1 saturated heterocycles. The van der Waals surface area contributed by atoms with Gasteiger partial charge in [-0.2, -0.15) is 0 Å². The van der Waals surface area contributed by atoms with Crippen LogP contribution in [0.5, 0.6) is 5.75 Å². The van der Waals surface area contributed by atoms with Crippen LogP contribution >= 0.6 is 0 Å². The fraction of sp³-hybridized carbons (Fsp3) is 0.500. The van der Waals surface area contributed by atoms with E-state index in [0.717, 1.165) is 0 Å². The number of benzene rings is 1. The van der Waals surface area contributed by atoms with E-state index in [0.29, 0.717) is 0 Å². The minimum absolute atomic E-state index is 0.129. The Morgan fingerprint density at radius 2 is 1.76 bits per heavy atom. The van der Waals surface area contributed by atoms with Gasteiger partial charge in [0.2, 0.25) is 6.29 Å². The molecule has 1 aromatic carbocycles. The van der Waals surface area contributed by atoms with E-state index in [1.165, 1.54) is 24.3 Å². The third-order valence-corrected chi connectivity index (χ3v) is 3.15. The summed E-state index contributed by atoms with van der Waals surface area (Å²) in [5.41, 5.74) is -0.129. The molecule has 5 atom stereocenters. The summed E-state index contributed by atoms with van der Waals surface area (Å²) in [6.45, 7) is -0.564. The highest BCUT2D eigenvalue weighted by Crippen LogP contribution is 2.25. The van der Waals surface area contributed by atoms with E-state index < -0.39 is 42.2 Å². The smallest absolute Gasteiger partial charge is 0.269 e. The summed E-state index contributed by atoms with van der Waals surface area (Å²) in [5, 5.41) is 48.6. The monoisotopic (exact) mass is 301 g/mol. The van der Waals surface area contributed by atoms with Crippen LogP contribution in [0.25, 0.3) is 0 Å². The molecule has 4 N–H and O–H groups in total. The van der Waals surface area contributed by atoms with Crippen LogP contribution in [-0.2, 0) is 4.74 Å². The zero-order valence-corrected chi connectivity index (χ0v) is 10.8. The molecule has 2 unspecified atom stereocenters. The summed E-state index contributed by atoms with van der Waals surface area (Å²) in [5.74, 6) is 0.171. The van der Waals surface area contributed by atoms with Gasteiger partial charge in [0, 0.05) is 12.1 Å². The summed E-state index contributed by atoms with van der Waals surface area (Å²) in [6, 6.07) is 5.03. The Bertz CT molecular complexity index is 491. The topological polar surface area (TPSA) is 143 Å². The Balaban J connectivity index is 2.08. The predicted octanol–water partition coefficient (Wildman–Crippen LogP) is -1.23. The van der Waals surface area contributed by atoms with Crippen LogP contribution in [0.2, 0.25) is 0 Å². The van der Waals surface area contributed by atoms with Crippen molar-refractivity contribution in [2.45, 2.75) is 30.7 Å². The van der Waals surface area contributed by atoms with Gasteiger partial charge >= 0.3 is 0 Å². The molecular weight excluding hydrogens is 286 g/mol. The Labute approximate surface area is 119 Å². The molecule has 0 aliphatic carbocycles. The lowest BCUT2D eigenvalue weighted by atomic mass is 9.99. The van der Waals surface area contributed by atoms with Gasteiger partial charge in [0.1, 0.15) is 30.2 Å². The lowest BCUT2D eigenvalue weighted by molar-refractivity contribution is -0.384. The molecule has 1 aliphatic rings. The molecule has 116 valence electrons. The molecular formula is C12H15NO8. The van der Waals surface area contributed by atoms with E-state index in [1.807, 2.05) is 0 Å². The second-order valence-corrected chi connectivity index (χ2v) is 4.57. The first kappa shape index (κ1) is 15.6. The summed E-state index contributed by atoms with van der Waals surface area (Å²) < 4.78 is 10.4. The first-order valence-corrected chi connectivity index (χ1v) is 6.15. The van der Waals surface area contributed by atoms with Crippen LogP contribution in [0.4, 0.5) is 5.69 Å². The van der Waals surface area contributed by atoms with Gasteiger partial charge in [0.25, 0.3) is 5.69 Å². The maximum Gasteiger partial charge on any atom is 0.269 e. The maximum absolute atomic E-state index is 10.5. The van der Waals surface area contributed by atoms with Crippen molar-refractivity contribution in [3.8, 4) is 5.75 Å². The summed E-state index contributed by atoms with van der Waals surface area (Å²) in [4.78, 5) is 9.95. The van der Waals surface area contributed by atoms with Gasteiger partial charge in [-0.05, 0) is 12.1 Å². The maximum atomic E-state index is 10.5. The fourth-order valence-electron chi connectivity index (χ4n) is 1.95. The summed E-state index contributed by atoms with van der Waals surface area (Å²) in [7, 11) is 0. The molecule has 0 amide bonds. The normalized spacial score (nSPS) is 32.7. The van der Waals surface area contributed by atoms with Crippen molar-refractivity contribution < 1.29 is 34.8 Å². The highest BCUT2D eigenvalue weighted by atomic mass is 16.7. The van der Waals surface area contributed by atoms with Crippen LogP contribution in [0.3, 0.4) is 0 Å². The predicted molar refractivity (Wildman–Crippen MR) is 67.5 cm³/mol. The lowest BCUT2D eigenvalue weighted by Gasteiger charge is -2.39. The number of aliphatic hydroxyl groups excluding tert-OH is 4. The van der Waals surface area contributed by atoms with Gasteiger partial charge in [-0.3, -0.25) is 10.1 Å². The van der Waals surface area contributed by atoms with E-state index in [4.69, 9.17) is 14.6 Å². The molecule has 2 rings (SSSR count). The van der Waals surface area contributed by atoms with Crippen LogP contribution in [0, 0.1) is 10.1 Å². The Kier molecular flexibility index (Phi) is 4.70. The van der Waals surface area contributed by atoms with E-state index in [9.17, 15) is 25.4 Å². The Morgan fingerprint density at radius 3 is 2.29 bits per heavy atom. The molecule has 9 nitrogen and oxygen atoms in total. The molecule has 1 fully saturated rings. The van der Waals surface area contributed by atoms with Crippen molar-refractivity contribution >= 4 is 5.69 Å². The minimum atomic E-state index is -1.54. The third kappa shape index (κ3) is 3.28. The number of rotatable bonds is 4. The molecule has 1 aliphatic heterocycles. The fourth-order valence-corrected chi connectivity index (χ4v) is 1.95. The summed E-state index contributed by atoms with van der Waals surface area (Å²) >= 11 is 0. The first-order valence-electron chi connectivity index (χ1n) is 6.15. The van der Waals surface area contributed by atoms with Crippen molar-refractivity contribution in [1.29, 1.82) is 0 Å². The molecule has 1 heterocycles. The van der Waals surface area contributed by atoms with Crippen molar-refractivity contribution in [2.24, 2.45) is 0 Å². The number of ether oxygens (including phenoxy) is 2. The average molecular weight is 301 g/mol. The second kappa shape index (κ2) is 6.33.